The summed E-state index contributed by atoms with van der Waals surface area (Å²) in [6.45, 7) is 6.18. The predicted molar refractivity (Wildman–Crippen MR) is 79.3 cm³/mol. The topological polar surface area (TPSA) is 42.5 Å². The van der Waals surface area contributed by atoms with E-state index in [-0.39, 0.29) is 5.54 Å². The summed E-state index contributed by atoms with van der Waals surface area (Å²) in [5, 5.41) is 6.73. The number of hydrogen-bond acceptors (Lipinski definition) is 4. The minimum absolute atomic E-state index is 0.110. The van der Waals surface area contributed by atoms with E-state index < -0.39 is 0 Å². The van der Waals surface area contributed by atoms with Gasteiger partial charge in [0.05, 0.1) is 14.2 Å². The van der Waals surface area contributed by atoms with E-state index in [0.717, 1.165) is 36.6 Å². The first kappa shape index (κ1) is 15.8. The molecule has 1 aromatic carbocycles. The zero-order chi connectivity index (χ0) is 14.3. The Labute approximate surface area is 116 Å². The highest BCUT2D eigenvalue weighted by atomic mass is 16.5. The number of hydrogen-bond donors (Lipinski definition) is 2. The monoisotopic (exact) mass is 266 g/mol. The molecule has 1 aromatic rings. The van der Waals surface area contributed by atoms with Gasteiger partial charge in [-0.15, -0.1) is 0 Å². The molecule has 0 aliphatic carbocycles. The van der Waals surface area contributed by atoms with Crippen LogP contribution in [0.2, 0.25) is 0 Å². The van der Waals surface area contributed by atoms with E-state index >= 15 is 0 Å². The van der Waals surface area contributed by atoms with Crippen molar-refractivity contribution in [2.75, 3.05) is 34.4 Å². The lowest BCUT2D eigenvalue weighted by Gasteiger charge is -2.24. The van der Waals surface area contributed by atoms with Crippen LogP contribution in [0.4, 0.5) is 0 Å². The summed E-state index contributed by atoms with van der Waals surface area (Å²) in [5.41, 5.74) is 1.27. The van der Waals surface area contributed by atoms with E-state index in [4.69, 9.17) is 9.47 Å². The summed E-state index contributed by atoms with van der Waals surface area (Å²) in [4.78, 5) is 0. The molecule has 0 atom stereocenters. The molecule has 0 radical (unpaired) electrons. The van der Waals surface area contributed by atoms with Gasteiger partial charge in [0, 0.05) is 12.1 Å². The highest BCUT2D eigenvalue weighted by Gasteiger charge is 2.13. The van der Waals surface area contributed by atoms with Crippen molar-refractivity contribution in [3.8, 4) is 11.5 Å². The molecule has 4 heteroatoms. The van der Waals surface area contributed by atoms with Gasteiger partial charge in [0.2, 0.25) is 0 Å². The third kappa shape index (κ3) is 5.09. The molecule has 0 saturated heterocycles. The van der Waals surface area contributed by atoms with Crippen LogP contribution in [0.25, 0.3) is 0 Å². The molecule has 0 amide bonds. The Kier molecular flexibility index (Phi) is 6.12. The van der Waals surface area contributed by atoms with Crippen LogP contribution in [0.3, 0.4) is 0 Å². The van der Waals surface area contributed by atoms with Crippen LogP contribution in [-0.4, -0.2) is 39.9 Å². The van der Waals surface area contributed by atoms with Crippen molar-refractivity contribution >= 4 is 0 Å². The highest BCUT2D eigenvalue weighted by molar-refractivity contribution is 5.40. The van der Waals surface area contributed by atoms with Crippen LogP contribution in [0.5, 0.6) is 11.5 Å². The first-order valence-corrected chi connectivity index (χ1v) is 6.63. The number of methoxy groups -OCH3 is 2. The van der Waals surface area contributed by atoms with Crippen molar-refractivity contribution in [2.24, 2.45) is 0 Å². The molecular weight excluding hydrogens is 240 g/mol. The molecule has 0 fully saturated rings. The van der Waals surface area contributed by atoms with Gasteiger partial charge in [-0.25, -0.2) is 0 Å². The van der Waals surface area contributed by atoms with Gasteiger partial charge in [0.1, 0.15) is 11.5 Å². The van der Waals surface area contributed by atoms with E-state index in [1.807, 2.05) is 25.2 Å². The molecule has 0 aromatic heterocycles. The fourth-order valence-electron chi connectivity index (χ4n) is 1.79. The third-order valence-electron chi connectivity index (χ3n) is 3.30. The Morgan fingerprint density at radius 3 is 2.47 bits per heavy atom. The zero-order valence-corrected chi connectivity index (χ0v) is 12.7. The zero-order valence-electron chi connectivity index (χ0n) is 12.7. The molecule has 0 heterocycles. The number of benzene rings is 1. The summed E-state index contributed by atoms with van der Waals surface area (Å²) in [5.74, 6) is 1.78. The Morgan fingerprint density at radius 1 is 1.16 bits per heavy atom. The summed E-state index contributed by atoms with van der Waals surface area (Å²) in [6.07, 6.45) is 0.917. The largest absolute Gasteiger partial charge is 0.497 e. The lowest BCUT2D eigenvalue weighted by Crippen LogP contribution is -2.46. The molecule has 0 spiro atoms. The van der Waals surface area contributed by atoms with Crippen molar-refractivity contribution in [2.45, 2.75) is 25.8 Å². The van der Waals surface area contributed by atoms with Crippen LogP contribution < -0.4 is 20.1 Å². The van der Waals surface area contributed by atoms with Gasteiger partial charge in [0.25, 0.3) is 0 Å². The quantitative estimate of drug-likeness (QED) is 0.705. The number of rotatable bonds is 8. The lowest BCUT2D eigenvalue weighted by molar-refractivity contribution is 0.389. The Morgan fingerprint density at radius 2 is 1.89 bits per heavy atom. The van der Waals surface area contributed by atoms with Crippen LogP contribution in [0, 0.1) is 0 Å². The minimum Gasteiger partial charge on any atom is -0.497 e. The minimum atomic E-state index is 0.110. The van der Waals surface area contributed by atoms with Gasteiger partial charge in [0.15, 0.2) is 0 Å². The van der Waals surface area contributed by atoms with E-state index in [9.17, 15) is 0 Å². The maximum Gasteiger partial charge on any atom is 0.122 e. The fourth-order valence-corrected chi connectivity index (χ4v) is 1.79. The first-order valence-electron chi connectivity index (χ1n) is 6.63. The van der Waals surface area contributed by atoms with Crippen LogP contribution in [0.15, 0.2) is 18.2 Å². The normalized spacial score (nSPS) is 11.4. The molecule has 1 rings (SSSR count). The fraction of sp³-hybridized carbons (Fsp3) is 0.600. The summed E-state index contributed by atoms with van der Waals surface area (Å²) in [7, 11) is 5.36. The van der Waals surface area contributed by atoms with Crippen molar-refractivity contribution in [1.82, 2.24) is 10.6 Å². The lowest BCUT2D eigenvalue weighted by atomic mass is 10.1. The van der Waals surface area contributed by atoms with E-state index in [1.165, 1.54) is 0 Å². The smallest absolute Gasteiger partial charge is 0.122 e. The predicted octanol–water partition coefficient (Wildman–Crippen LogP) is 1.83. The summed E-state index contributed by atoms with van der Waals surface area (Å²) in [6, 6.07) is 5.90. The second kappa shape index (κ2) is 7.36. The molecule has 0 saturated carbocycles. The molecule has 108 valence electrons. The van der Waals surface area contributed by atoms with Crippen LogP contribution in [0.1, 0.15) is 19.4 Å². The third-order valence-corrected chi connectivity index (χ3v) is 3.30. The highest BCUT2D eigenvalue weighted by Crippen LogP contribution is 2.24. The summed E-state index contributed by atoms with van der Waals surface area (Å²) < 4.78 is 10.6. The number of likely N-dealkylation sites (N-methyl/N-ethyl adjacent to an activating group) is 1. The van der Waals surface area contributed by atoms with E-state index in [0.29, 0.717) is 0 Å². The second-order valence-electron chi connectivity index (χ2n) is 5.24. The molecule has 0 aliphatic rings. The first-order chi connectivity index (χ1) is 9.02. The maximum absolute atomic E-state index is 5.37. The van der Waals surface area contributed by atoms with Crippen molar-refractivity contribution in [3.63, 3.8) is 0 Å². The molecule has 0 bridgehead atoms. The standard InChI is InChI=1S/C15H26N2O2/c1-15(2,16-3)11-17-9-8-12-10-13(18-4)6-7-14(12)19-5/h6-7,10,16-17H,8-9,11H2,1-5H3. The van der Waals surface area contributed by atoms with Gasteiger partial charge in [-0.3, -0.25) is 0 Å². The second-order valence-corrected chi connectivity index (χ2v) is 5.24. The molecule has 0 unspecified atom stereocenters. The van der Waals surface area contributed by atoms with Crippen molar-refractivity contribution in [3.05, 3.63) is 23.8 Å². The van der Waals surface area contributed by atoms with Gasteiger partial charge in [-0.05, 0) is 57.6 Å². The van der Waals surface area contributed by atoms with Crippen molar-refractivity contribution < 1.29 is 9.47 Å². The molecule has 4 nitrogen and oxygen atoms in total. The number of ether oxygens (including phenoxy) is 2. The van der Waals surface area contributed by atoms with Crippen LogP contribution in [-0.2, 0) is 6.42 Å². The van der Waals surface area contributed by atoms with Gasteiger partial charge >= 0.3 is 0 Å². The van der Waals surface area contributed by atoms with Gasteiger partial charge < -0.3 is 20.1 Å². The number of nitrogens with one attached hydrogen (secondary N) is 2. The molecular formula is C15H26N2O2. The van der Waals surface area contributed by atoms with E-state index in [1.54, 1.807) is 14.2 Å². The molecule has 2 N–H and O–H groups in total. The molecule has 19 heavy (non-hydrogen) atoms. The molecule has 0 aliphatic heterocycles. The van der Waals surface area contributed by atoms with Gasteiger partial charge in [-0.1, -0.05) is 0 Å². The Balaban J connectivity index is 2.52. The van der Waals surface area contributed by atoms with Crippen molar-refractivity contribution in [1.29, 1.82) is 0 Å². The summed E-state index contributed by atoms with van der Waals surface area (Å²) >= 11 is 0. The van der Waals surface area contributed by atoms with Crippen LogP contribution >= 0.6 is 0 Å². The van der Waals surface area contributed by atoms with E-state index in [2.05, 4.69) is 24.5 Å². The average molecular weight is 266 g/mol. The van der Waals surface area contributed by atoms with Gasteiger partial charge in [-0.2, -0.15) is 0 Å². The Hall–Kier alpha value is -1.26. The SMILES string of the molecule is CNC(C)(C)CNCCc1cc(OC)ccc1OC. The maximum atomic E-state index is 5.37. The Bertz CT molecular complexity index is 392. The average Bonchev–Trinajstić information content (AvgIpc) is 2.43.